The van der Waals surface area contributed by atoms with Gasteiger partial charge in [-0.1, -0.05) is 12.1 Å². The topological polar surface area (TPSA) is 100 Å². The maximum Gasteiger partial charge on any atom is 0.335 e. The molecule has 0 unspecified atom stereocenters. The second-order valence-corrected chi connectivity index (χ2v) is 8.57. The Labute approximate surface area is 152 Å². The molecule has 1 N–H and O–H groups in total. The summed E-state index contributed by atoms with van der Waals surface area (Å²) in [6.07, 6.45) is 5.10. The van der Waals surface area contributed by atoms with Crippen LogP contribution in [0, 0.1) is 5.92 Å². The molecule has 1 aromatic heterocycles. The Morgan fingerprint density at radius 3 is 2.62 bits per heavy atom. The standard InChI is InChI=1S/C18H21N3O4S/c1-26(24,25)21-7-5-13(6-8-21)9-16-11-17(20-12-19-16)14-3-2-4-15(10-14)18(22)23/h2-4,10-13H,5-9H2,1H3,(H,22,23). The molecule has 8 heteroatoms. The van der Waals surface area contributed by atoms with Crippen molar-refractivity contribution in [1.29, 1.82) is 0 Å². The third kappa shape index (κ3) is 4.44. The van der Waals surface area contributed by atoms with E-state index in [-0.39, 0.29) is 5.56 Å². The van der Waals surface area contributed by atoms with E-state index < -0.39 is 16.0 Å². The van der Waals surface area contributed by atoms with Crippen LogP contribution in [0.2, 0.25) is 0 Å². The molecule has 0 amide bonds. The fourth-order valence-electron chi connectivity index (χ4n) is 3.22. The van der Waals surface area contributed by atoms with Crippen LogP contribution < -0.4 is 0 Å². The number of carboxylic acids is 1. The second kappa shape index (κ2) is 7.51. The van der Waals surface area contributed by atoms with E-state index in [9.17, 15) is 13.2 Å². The van der Waals surface area contributed by atoms with Gasteiger partial charge in [0.2, 0.25) is 10.0 Å². The van der Waals surface area contributed by atoms with Crippen LogP contribution in [0.3, 0.4) is 0 Å². The lowest BCUT2D eigenvalue weighted by atomic mass is 9.92. The lowest BCUT2D eigenvalue weighted by Crippen LogP contribution is -2.38. The van der Waals surface area contributed by atoms with Gasteiger partial charge < -0.3 is 5.11 Å². The first-order chi connectivity index (χ1) is 12.3. The Hall–Kier alpha value is -2.32. The summed E-state index contributed by atoms with van der Waals surface area (Å²) in [6, 6.07) is 8.54. The molecule has 1 fully saturated rings. The van der Waals surface area contributed by atoms with Crippen LogP contribution in [0.4, 0.5) is 0 Å². The SMILES string of the molecule is CS(=O)(=O)N1CCC(Cc2cc(-c3cccc(C(=O)O)c3)ncn2)CC1. The van der Waals surface area contributed by atoms with Crippen LogP contribution in [0.5, 0.6) is 0 Å². The van der Waals surface area contributed by atoms with Crippen molar-refractivity contribution >= 4 is 16.0 Å². The highest BCUT2D eigenvalue weighted by atomic mass is 32.2. The first kappa shape index (κ1) is 18.5. The molecule has 0 atom stereocenters. The molecular formula is C18H21N3O4S. The van der Waals surface area contributed by atoms with Crippen molar-refractivity contribution in [3.63, 3.8) is 0 Å². The number of carboxylic acid groups (broad SMARTS) is 1. The average molecular weight is 375 g/mol. The van der Waals surface area contributed by atoms with E-state index in [4.69, 9.17) is 5.11 Å². The predicted octanol–water partition coefficient (Wildman–Crippen LogP) is 2.06. The van der Waals surface area contributed by atoms with E-state index >= 15 is 0 Å². The predicted molar refractivity (Wildman–Crippen MR) is 97.3 cm³/mol. The molecule has 0 radical (unpaired) electrons. The largest absolute Gasteiger partial charge is 0.478 e. The van der Waals surface area contributed by atoms with Gasteiger partial charge in [-0.3, -0.25) is 0 Å². The molecule has 1 saturated heterocycles. The van der Waals surface area contributed by atoms with Crippen LogP contribution in [0.15, 0.2) is 36.7 Å². The van der Waals surface area contributed by atoms with Gasteiger partial charge in [0.25, 0.3) is 0 Å². The third-order valence-electron chi connectivity index (χ3n) is 4.67. The summed E-state index contributed by atoms with van der Waals surface area (Å²) < 4.78 is 24.7. The molecule has 3 rings (SSSR count). The lowest BCUT2D eigenvalue weighted by Gasteiger charge is -2.30. The summed E-state index contributed by atoms with van der Waals surface area (Å²) in [5, 5.41) is 9.13. The van der Waals surface area contributed by atoms with Crippen molar-refractivity contribution in [1.82, 2.24) is 14.3 Å². The zero-order chi connectivity index (χ0) is 18.7. The maximum absolute atomic E-state index is 11.6. The summed E-state index contributed by atoms with van der Waals surface area (Å²) in [6.45, 7) is 1.09. The van der Waals surface area contributed by atoms with Gasteiger partial charge in [0, 0.05) is 24.3 Å². The monoisotopic (exact) mass is 375 g/mol. The van der Waals surface area contributed by atoms with Crippen LogP contribution >= 0.6 is 0 Å². The number of hydrogen-bond donors (Lipinski definition) is 1. The molecule has 1 aliphatic heterocycles. The summed E-state index contributed by atoms with van der Waals surface area (Å²) in [4.78, 5) is 19.7. The maximum atomic E-state index is 11.6. The van der Waals surface area contributed by atoms with Gasteiger partial charge in [0.15, 0.2) is 0 Å². The molecule has 138 valence electrons. The Bertz CT molecular complexity index is 906. The summed E-state index contributed by atoms with van der Waals surface area (Å²) >= 11 is 0. The summed E-state index contributed by atoms with van der Waals surface area (Å²) in [5.41, 5.74) is 2.52. The third-order valence-corrected chi connectivity index (χ3v) is 5.97. The van der Waals surface area contributed by atoms with E-state index in [1.165, 1.54) is 16.9 Å². The lowest BCUT2D eigenvalue weighted by molar-refractivity contribution is 0.0697. The molecule has 7 nitrogen and oxygen atoms in total. The second-order valence-electron chi connectivity index (χ2n) is 6.59. The molecule has 1 aliphatic rings. The average Bonchev–Trinajstić information content (AvgIpc) is 2.62. The smallest absolute Gasteiger partial charge is 0.335 e. The fraction of sp³-hybridized carbons (Fsp3) is 0.389. The van der Waals surface area contributed by atoms with Crippen molar-refractivity contribution in [2.75, 3.05) is 19.3 Å². The van der Waals surface area contributed by atoms with E-state index in [1.54, 1.807) is 18.2 Å². The van der Waals surface area contributed by atoms with Gasteiger partial charge in [0.1, 0.15) is 6.33 Å². The minimum atomic E-state index is -3.12. The highest BCUT2D eigenvalue weighted by molar-refractivity contribution is 7.88. The van der Waals surface area contributed by atoms with Gasteiger partial charge in [-0.15, -0.1) is 0 Å². The molecular weight excluding hydrogens is 354 g/mol. The molecule has 1 aromatic carbocycles. The zero-order valence-electron chi connectivity index (χ0n) is 14.5. The van der Waals surface area contributed by atoms with Crippen molar-refractivity contribution in [3.8, 4) is 11.3 Å². The Morgan fingerprint density at radius 1 is 1.23 bits per heavy atom. The number of aromatic nitrogens is 2. The van der Waals surface area contributed by atoms with Crippen molar-refractivity contribution in [3.05, 3.63) is 47.9 Å². The van der Waals surface area contributed by atoms with E-state index in [0.717, 1.165) is 30.5 Å². The van der Waals surface area contributed by atoms with Crippen LogP contribution in [0.1, 0.15) is 28.9 Å². The number of hydrogen-bond acceptors (Lipinski definition) is 5. The van der Waals surface area contributed by atoms with Gasteiger partial charge in [-0.25, -0.2) is 27.5 Å². The fourth-order valence-corrected chi connectivity index (χ4v) is 4.09. The van der Waals surface area contributed by atoms with Gasteiger partial charge in [-0.05, 0) is 43.4 Å². The molecule has 2 heterocycles. The van der Waals surface area contributed by atoms with E-state index in [1.807, 2.05) is 12.1 Å². The molecule has 0 bridgehead atoms. The highest BCUT2D eigenvalue weighted by Gasteiger charge is 2.25. The normalized spacial score (nSPS) is 16.5. The van der Waals surface area contributed by atoms with E-state index in [0.29, 0.717) is 24.7 Å². The van der Waals surface area contributed by atoms with Crippen LogP contribution in [-0.4, -0.2) is 53.1 Å². The minimum Gasteiger partial charge on any atom is -0.478 e. The molecule has 0 spiro atoms. The minimum absolute atomic E-state index is 0.218. The number of nitrogens with zero attached hydrogens (tertiary/aromatic N) is 3. The molecule has 2 aromatic rings. The van der Waals surface area contributed by atoms with Crippen LogP contribution in [0.25, 0.3) is 11.3 Å². The quantitative estimate of drug-likeness (QED) is 0.858. The Kier molecular flexibility index (Phi) is 5.33. The van der Waals surface area contributed by atoms with Gasteiger partial charge in [-0.2, -0.15) is 0 Å². The number of aromatic carboxylic acids is 1. The number of rotatable bonds is 5. The molecule has 26 heavy (non-hydrogen) atoms. The first-order valence-corrected chi connectivity index (χ1v) is 10.3. The van der Waals surface area contributed by atoms with Gasteiger partial charge >= 0.3 is 5.97 Å². The van der Waals surface area contributed by atoms with Crippen molar-refractivity contribution in [2.24, 2.45) is 5.92 Å². The van der Waals surface area contributed by atoms with Crippen molar-refractivity contribution < 1.29 is 18.3 Å². The molecule has 0 saturated carbocycles. The first-order valence-electron chi connectivity index (χ1n) is 8.42. The Morgan fingerprint density at radius 2 is 1.96 bits per heavy atom. The summed E-state index contributed by atoms with van der Waals surface area (Å²) in [7, 11) is -3.12. The number of carbonyl (C=O) groups is 1. The highest BCUT2D eigenvalue weighted by Crippen LogP contribution is 2.24. The Balaban J connectivity index is 1.71. The number of piperidine rings is 1. The number of benzene rings is 1. The number of sulfonamides is 1. The van der Waals surface area contributed by atoms with Crippen molar-refractivity contribution in [2.45, 2.75) is 19.3 Å². The molecule has 0 aliphatic carbocycles. The van der Waals surface area contributed by atoms with Crippen LogP contribution in [-0.2, 0) is 16.4 Å². The summed E-state index contributed by atoms with van der Waals surface area (Å²) in [5.74, 6) is -0.597. The zero-order valence-corrected chi connectivity index (χ0v) is 15.3. The van der Waals surface area contributed by atoms with E-state index in [2.05, 4.69) is 9.97 Å². The van der Waals surface area contributed by atoms with Gasteiger partial charge in [0.05, 0.1) is 17.5 Å².